The van der Waals surface area contributed by atoms with Gasteiger partial charge in [0.1, 0.15) is 12.4 Å². The molecule has 0 bridgehead atoms. The Morgan fingerprint density at radius 3 is 2.54 bits per heavy atom. The molecule has 0 radical (unpaired) electrons. The van der Waals surface area contributed by atoms with E-state index < -0.39 is 0 Å². The van der Waals surface area contributed by atoms with Gasteiger partial charge in [-0.3, -0.25) is 4.79 Å². The third-order valence-corrected chi connectivity index (χ3v) is 4.69. The number of amides is 1. The predicted molar refractivity (Wildman–Crippen MR) is 106 cm³/mol. The number of methoxy groups -OCH3 is 2. The maximum atomic E-state index is 12.2. The zero-order valence-electron chi connectivity index (χ0n) is 16.4. The molecule has 1 atom stereocenters. The Labute approximate surface area is 165 Å². The average Bonchev–Trinajstić information content (AvgIpc) is 3.25. The van der Waals surface area contributed by atoms with E-state index in [0.29, 0.717) is 31.1 Å². The molecule has 6 heteroatoms. The summed E-state index contributed by atoms with van der Waals surface area (Å²) in [5.74, 6) is 2.08. The summed E-state index contributed by atoms with van der Waals surface area (Å²) in [6.45, 7) is 1.76. The molecule has 1 heterocycles. The van der Waals surface area contributed by atoms with Gasteiger partial charge >= 0.3 is 0 Å². The van der Waals surface area contributed by atoms with Crippen LogP contribution in [0.5, 0.6) is 17.2 Å². The third-order valence-electron chi connectivity index (χ3n) is 4.69. The zero-order chi connectivity index (χ0) is 19.8. The maximum absolute atomic E-state index is 12.2. The molecule has 28 heavy (non-hydrogen) atoms. The highest BCUT2D eigenvalue weighted by Gasteiger charge is 2.17. The van der Waals surface area contributed by atoms with Gasteiger partial charge in [-0.15, -0.1) is 0 Å². The maximum Gasteiger partial charge on any atom is 0.224 e. The van der Waals surface area contributed by atoms with Gasteiger partial charge in [0.2, 0.25) is 5.91 Å². The minimum atomic E-state index is -0.0390. The van der Waals surface area contributed by atoms with Crippen LogP contribution in [-0.4, -0.2) is 39.4 Å². The van der Waals surface area contributed by atoms with E-state index in [4.69, 9.17) is 18.9 Å². The topological polar surface area (TPSA) is 66.0 Å². The van der Waals surface area contributed by atoms with E-state index >= 15 is 0 Å². The van der Waals surface area contributed by atoms with Crippen molar-refractivity contribution in [1.82, 2.24) is 5.32 Å². The van der Waals surface area contributed by atoms with Crippen LogP contribution < -0.4 is 19.5 Å². The van der Waals surface area contributed by atoms with Crippen molar-refractivity contribution in [2.45, 2.75) is 31.9 Å². The van der Waals surface area contributed by atoms with Crippen molar-refractivity contribution in [3.05, 3.63) is 53.6 Å². The first-order valence-corrected chi connectivity index (χ1v) is 9.49. The molecule has 0 unspecified atom stereocenters. The highest BCUT2D eigenvalue weighted by atomic mass is 16.5. The van der Waals surface area contributed by atoms with E-state index in [1.54, 1.807) is 14.2 Å². The first kappa shape index (κ1) is 20.0. The van der Waals surface area contributed by atoms with Gasteiger partial charge in [0.05, 0.1) is 26.7 Å². The van der Waals surface area contributed by atoms with E-state index in [9.17, 15) is 4.79 Å². The van der Waals surface area contributed by atoms with Crippen LogP contribution in [0.3, 0.4) is 0 Å². The molecule has 1 aliphatic rings. The molecular formula is C22H27NO5. The predicted octanol–water partition coefficient (Wildman–Crippen LogP) is 3.12. The number of rotatable bonds is 9. The van der Waals surface area contributed by atoms with Crippen LogP contribution in [-0.2, 0) is 22.5 Å². The molecule has 3 rings (SSSR count). The summed E-state index contributed by atoms with van der Waals surface area (Å²) in [6.07, 6.45) is 2.59. The fourth-order valence-corrected chi connectivity index (χ4v) is 3.09. The Morgan fingerprint density at radius 2 is 1.86 bits per heavy atom. The molecular weight excluding hydrogens is 358 g/mol. The first-order chi connectivity index (χ1) is 13.7. The summed E-state index contributed by atoms with van der Waals surface area (Å²) in [7, 11) is 3.23. The van der Waals surface area contributed by atoms with Crippen LogP contribution >= 0.6 is 0 Å². The van der Waals surface area contributed by atoms with Crippen LogP contribution in [0.4, 0.5) is 0 Å². The molecule has 2 aromatic carbocycles. The number of benzene rings is 2. The van der Waals surface area contributed by atoms with Gasteiger partial charge in [-0.25, -0.2) is 0 Å². The molecule has 1 fully saturated rings. The minimum Gasteiger partial charge on any atom is -0.497 e. The molecule has 0 spiro atoms. The summed E-state index contributed by atoms with van der Waals surface area (Å²) in [5, 5.41) is 2.94. The molecule has 0 aliphatic carbocycles. The second kappa shape index (κ2) is 9.99. The smallest absolute Gasteiger partial charge is 0.224 e. The molecule has 1 N–H and O–H groups in total. The number of hydrogen-bond donors (Lipinski definition) is 1. The van der Waals surface area contributed by atoms with Crippen molar-refractivity contribution in [2.75, 3.05) is 27.4 Å². The van der Waals surface area contributed by atoms with Gasteiger partial charge in [0.25, 0.3) is 0 Å². The summed E-state index contributed by atoms with van der Waals surface area (Å²) in [4.78, 5) is 12.2. The molecule has 6 nitrogen and oxygen atoms in total. The van der Waals surface area contributed by atoms with Gasteiger partial charge in [0, 0.05) is 13.2 Å². The summed E-state index contributed by atoms with van der Waals surface area (Å²) < 4.78 is 22.0. The SMILES string of the molecule is COc1ccc(CC(=O)NCc2ccc(OC[C@H]3CCCO3)c(OC)c2)cc1. The van der Waals surface area contributed by atoms with Gasteiger partial charge < -0.3 is 24.3 Å². The largest absolute Gasteiger partial charge is 0.497 e. The lowest BCUT2D eigenvalue weighted by Crippen LogP contribution is -2.24. The molecule has 0 saturated carbocycles. The number of nitrogens with one attached hydrogen (secondary N) is 1. The molecule has 1 amide bonds. The Hall–Kier alpha value is -2.73. The molecule has 2 aromatic rings. The molecule has 1 saturated heterocycles. The fourth-order valence-electron chi connectivity index (χ4n) is 3.09. The van der Waals surface area contributed by atoms with Gasteiger partial charge in [0.15, 0.2) is 11.5 Å². The van der Waals surface area contributed by atoms with Crippen molar-refractivity contribution in [1.29, 1.82) is 0 Å². The Morgan fingerprint density at radius 1 is 1.07 bits per heavy atom. The fraction of sp³-hybridized carbons (Fsp3) is 0.409. The zero-order valence-corrected chi connectivity index (χ0v) is 16.4. The second-order valence-electron chi connectivity index (χ2n) is 6.73. The van der Waals surface area contributed by atoms with Crippen LogP contribution in [0, 0.1) is 0 Å². The number of ether oxygens (including phenoxy) is 4. The van der Waals surface area contributed by atoms with E-state index in [1.165, 1.54) is 0 Å². The second-order valence-corrected chi connectivity index (χ2v) is 6.73. The van der Waals surface area contributed by atoms with E-state index in [1.807, 2.05) is 42.5 Å². The molecule has 0 aromatic heterocycles. The number of carbonyl (C=O) groups is 1. The lowest BCUT2D eigenvalue weighted by atomic mass is 10.1. The first-order valence-electron chi connectivity index (χ1n) is 9.49. The lowest BCUT2D eigenvalue weighted by Gasteiger charge is -2.15. The number of hydrogen-bond acceptors (Lipinski definition) is 5. The third kappa shape index (κ3) is 5.63. The average molecular weight is 385 g/mol. The summed E-state index contributed by atoms with van der Waals surface area (Å²) >= 11 is 0. The summed E-state index contributed by atoms with van der Waals surface area (Å²) in [5.41, 5.74) is 1.89. The molecule has 1 aliphatic heterocycles. The Balaban J connectivity index is 1.50. The number of carbonyl (C=O) groups excluding carboxylic acids is 1. The van der Waals surface area contributed by atoms with Crippen molar-refractivity contribution in [3.63, 3.8) is 0 Å². The van der Waals surface area contributed by atoms with Gasteiger partial charge in [-0.05, 0) is 48.2 Å². The highest BCUT2D eigenvalue weighted by Crippen LogP contribution is 2.29. The van der Waals surface area contributed by atoms with Crippen molar-refractivity contribution in [3.8, 4) is 17.2 Å². The standard InChI is InChI=1S/C22H27NO5/c1-25-18-8-5-16(6-9-18)13-22(24)23-14-17-7-10-20(21(12-17)26-2)28-15-19-4-3-11-27-19/h5-10,12,19H,3-4,11,13-15H2,1-2H3,(H,23,24)/t19-/m1/s1. The van der Waals surface area contributed by atoms with Crippen molar-refractivity contribution in [2.24, 2.45) is 0 Å². The van der Waals surface area contributed by atoms with E-state index in [2.05, 4.69) is 5.32 Å². The Kier molecular flexibility index (Phi) is 7.14. The van der Waals surface area contributed by atoms with Gasteiger partial charge in [-0.2, -0.15) is 0 Å². The lowest BCUT2D eigenvalue weighted by molar-refractivity contribution is -0.120. The van der Waals surface area contributed by atoms with E-state index in [-0.39, 0.29) is 12.0 Å². The van der Waals surface area contributed by atoms with Crippen LogP contribution in [0.25, 0.3) is 0 Å². The highest BCUT2D eigenvalue weighted by molar-refractivity contribution is 5.78. The van der Waals surface area contributed by atoms with Crippen molar-refractivity contribution >= 4 is 5.91 Å². The van der Waals surface area contributed by atoms with E-state index in [0.717, 1.165) is 36.3 Å². The van der Waals surface area contributed by atoms with Gasteiger partial charge in [-0.1, -0.05) is 18.2 Å². The van der Waals surface area contributed by atoms with Crippen LogP contribution in [0.2, 0.25) is 0 Å². The Bertz CT molecular complexity index is 769. The molecule has 150 valence electrons. The monoisotopic (exact) mass is 385 g/mol. The minimum absolute atomic E-state index is 0.0390. The van der Waals surface area contributed by atoms with Crippen LogP contribution in [0.15, 0.2) is 42.5 Å². The summed E-state index contributed by atoms with van der Waals surface area (Å²) in [6, 6.07) is 13.2. The van der Waals surface area contributed by atoms with Crippen molar-refractivity contribution < 1.29 is 23.7 Å². The normalized spacial score (nSPS) is 15.9. The van der Waals surface area contributed by atoms with Crippen LogP contribution in [0.1, 0.15) is 24.0 Å². The quantitative estimate of drug-likeness (QED) is 0.718.